The Morgan fingerprint density at radius 3 is 2.47 bits per heavy atom. The maximum Gasteiger partial charge on any atom is 0.182 e. The molecule has 0 atom stereocenters. The number of hydrogen-bond acceptors (Lipinski definition) is 3. The summed E-state index contributed by atoms with van der Waals surface area (Å²) in [6.07, 6.45) is 0. The van der Waals surface area contributed by atoms with E-state index in [0.717, 1.165) is 6.07 Å². The molecule has 0 heterocycles. The Balaban J connectivity index is 2.41. The molecule has 3 N–H and O–H groups in total. The lowest BCUT2D eigenvalue weighted by Crippen LogP contribution is -2.01. The highest BCUT2D eigenvalue weighted by Gasteiger charge is 2.12. The fraction of sp³-hybridized carbons (Fsp3) is 0.0769. The topological polar surface area (TPSA) is 47.3 Å². The van der Waals surface area contributed by atoms with Gasteiger partial charge in [0.2, 0.25) is 0 Å². The summed E-state index contributed by atoms with van der Waals surface area (Å²) in [5, 5.41) is 2.54. The largest absolute Gasteiger partial charge is 0.497 e. The first-order valence-electron chi connectivity index (χ1n) is 5.36. The molecule has 100 valence electrons. The van der Waals surface area contributed by atoms with Crippen molar-refractivity contribution >= 4 is 17.1 Å². The molecule has 0 amide bonds. The van der Waals surface area contributed by atoms with E-state index < -0.39 is 17.5 Å². The van der Waals surface area contributed by atoms with Crippen molar-refractivity contribution in [1.82, 2.24) is 0 Å². The van der Waals surface area contributed by atoms with E-state index in [1.54, 1.807) is 6.07 Å². The molecule has 0 aliphatic carbocycles. The number of methoxy groups -OCH3 is 1. The molecule has 0 aliphatic rings. The minimum absolute atomic E-state index is 0.295. The van der Waals surface area contributed by atoms with Crippen molar-refractivity contribution < 1.29 is 17.9 Å². The molecule has 0 unspecified atom stereocenters. The molecule has 0 spiro atoms. The zero-order chi connectivity index (χ0) is 14.0. The van der Waals surface area contributed by atoms with Crippen LogP contribution in [-0.2, 0) is 0 Å². The van der Waals surface area contributed by atoms with Crippen molar-refractivity contribution in [2.75, 3.05) is 18.2 Å². The Kier molecular flexibility index (Phi) is 3.50. The van der Waals surface area contributed by atoms with Gasteiger partial charge in [0.1, 0.15) is 11.6 Å². The summed E-state index contributed by atoms with van der Waals surface area (Å²) in [6.45, 7) is 0. The van der Waals surface area contributed by atoms with Crippen molar-refractivity contribution in [2.24, 2.45) is 0 Å². The van der Waals surface area contributed by atoms with E-state index in [0.29, 0.717) is 23.2 Å². The van der Waals surface area contributed by atoms with Gasteiger partial charge in [-0.2, -0.15) is 0 Å². The first-order chi connectivity index (χ1) is 9.01. The zero-order valence-corrected chi connectivity index (χ0v) is 10.0. The van der Waals surface area contributed by atoms with Gasteiger partial charge in [0.05, 0.1) is 24.2 Å². The van der Waals surface area contributed by atoms with Crippen molar-refractivity contribution in [3.05, 3.63) is 47.8 Å². The van der Waals surface area contributed by atoms with Crippen LogP contribution in [0.5, 0.6) is 5.75 Å². The van der Waals surface area contributed by atoms with Gasteiger partial charge in [-0.05, 0) is 12.1 Å². The lowest BCUT2D eigenvalue weighted by molar-refractivity contribution is 0.415. The maximum atomic E-state index is 13.5. The van der Waals surface area contributed by atoms with Gasteiger partial charge in [0.25, 0.3) is 0 Å². The van der Waals surface area contributed by atoms with Gasteiger partial charge in [0.15, 0.2) is 11.6 Å². The van der Waals surface area contributed by atoms with Crippen LogP contribution in [0.2, 0.25) is 0 Å². The number of rotatable bonds is 3. The highest BCUT2D eigenvalue weighted by atomic mass is 19.2. The maximum absolute atomic E-state index is 13.5. The SMILES string of the molecule is COc1ccc(N)c(Nc2cc(F)cc(F)c2F)c1. The number of benzene rings is 2. The zero-order valence-electron chi connectivity index (χ0n) is 10.0. The van der Waals surface area contributed by atoms with Crippen LogP contribution < -0.4 is 15.8 Å². The number of nitrogens with two attached hydrogens (primary N) is 1. The third-order valence-electron chi connectivity index (χ3n) is 2.52. The number of anilines is 3. The van der Waals surface area contributed by atoms with Crippen molar-refractivity contribution in [3.63, 3.8) is 0 Å². The highest BCUT2D eigenvalue weighted by Crippen LogP contribution is 2.29. The summed E-state index contributed by atoms with van der Waals surface area (Å²) in [6, 6.07) is 5.96. The van der Waals surface area contributed by atoms with Gasteiger partial charge in [-0.25, -0.2) is 13.2 Å². The lowest BCUT2D eigenvalue weighted by Gasteiger charge is -2.12. The molecule has 19 heavy (non-hydrogen) atoms. The van der Waals surface area contributed by atoms with Crippen LogP contribution in [0.1, 0.15) is 0 Å². The van der Waals surface area contributed by atoms with E-state index in [9.17, 15) is 13.2 Å². The summed E-state index contributed by atoms with van der Waals surface area (Å²) in [5.74, 6) is -2.86. The molecule has 2 rings (SSSR count). The molecule has 3 nitrogen and oxygen atoms in total. The summed E-state index contributed by atoms with van der Waals surface area (Å²) in [7, 11) is 1.46. The normalized spacial score (nSPS) is 10.3. The number of hydrogen-bond donors (Lipinski definition) is 2. The van der Waals surface area contributed by atoms with Crippen LogP contribution >= 0.6 is 0 Å². The quantitative estimate of drug-likeness (QED) is 0.662. The molecule has 6 heteroatoms. The monoisotopic (exact) mass is 268 g/mol. The molecule has 0 saturated carbocycles. The Labute approximate surface area is 107 Å². The second-order valence-electron chi connectivity index (χ2n) is 3.83. The van der Waals surface area contributed by atoms with Gasteiger partial charge in [-0.15, -0.1) is 0 Å². The highest BCUT2D eigenvalue weighted by molar-refractivity contribution is 5.74. The minimum atomic E-state index is -1.27. The van der Waals surface area contributed by atoms with Crippen LogP contribution in [0.25, 0.3) is 0 Å². The lowest BCUT2D eigenvalue weighted by atomic mass is 10.2. The Bertz CT molecular complexity index is 617. The van der Waals surface area contributed by atoms with Crippen LogP contribution in [-0.4, -0.2) is 7.11 Å². The molecule has 2 aromatic carbocycles. The third kappa shape index (κ3) is 2.73. The molecule has 0 radical (unpaired) electrons. The van der Waals surface area contributed by atoms with E-state index in [4.69, 9.17) is 10.5 Å². The van der Waals surface area contributed by atoms with Crippen molar-refractivity contribution in [1.29, 1.82) is 0 Å². The number of nitrogen functional groups attached to an aromatic ring is 1. The number of halogens is 3. The predicted octanol–water partition coefficient (Wildman–Crippen LogP) is 3.44. The molecule has 0 aromatic heterocycles. The second-order valence-corrected chi connectivity index (χ2v) is 3.83. The average molecular weight is 268 g/mol. The number of ether oxygens (including phenoxy) is 1. The minimum Gasteiger partial charge on any atom is -0.497 e. The van der Waals surface area contributed by atoms with Crippen LogP contribution in [0, 0.1) is 17.5 Å². The standard InChI is InChI=1S/C13H11F3N2O/c1-19-8-2-3-10(17)11(6-8)18-12-5-7(14)4-9(15)13(12)16/h2-6,18H,17H2,1H3. The molecule has 0 aliphatic heterocycles. The van der Waals surface area contributed by atoms with Crippen molar-refractivity contribution in [2.45, 2.75) is 0 Å². The fourth-order valence-corrected chi connectivity index (χ4v) is 1.56. The summed E-state index contributed by atoms with van der Waals surface area (Å²) < 4.78 is 44.6. The predicted molar refractivity (Wildman–Crippen MR) is 67.0 cm³/mol. The molecular weight excluding hydrogens is 257 g/mol. The van der Waals surface area contributed by atoms with Crippen LogP contribution in [0.3, 0.4) is 0 Å². The van der Waals surface area contributed by atoms with E-state index in [-0.39, 0.29) is 5.69 Å². The molecule has 2 aromatic rings. The smallest absolute Gasteiger partial charge is 0.182 e. The summed E-state index contributed by atoms with van der Waals surface area (Å²) in [4.78, 5) is 0. The van der Waals surface area contributed by atoms with Gasteiger partial charge in [-0.1, -0.05) is 0 Å². The third-order valence-corrected chi connectivity index (χ3v) is 2.52. The Hall–Kier alpha value is -2.37. The van der Waals surface area contributed by atoms with Gasteiger partial charge >= 0.3 is 0 Å². The van der Waals surface area contributed by atoms with E-state index in [1.165, 1.54) is 19.2 Å². The fourth-order valence-electron chi connectivity index (χ4n) is 1.56. The van der Waals surface area contributed by atoms with Crippen LogP contribution in [0.15, 0.2) is 30.3 Å². The molecule has 0 bridgehead atoms. The molecule has 0 saturated heterocycles. The van der Waals surface area contributed by atoms with Gasteiger partial charge in [0, 0.05) is 18.2 Å². The number of nitrogens with one attached hydrogen (secondary N) is 1. The summed E-state index contributed by atoms with van der Waals surface area (Å²) in [5.41, 5.74) is 5.95. The first-order valence-corrected chi connectivity index (χ1v) is 5.36. The van der Waals surface area contributed by atoms with E-state index in [1.807, 2.05) is 0 Å². The Morgan fingerprint density at radius 2 is 1.79 bits per heavy atom. The van der Waals surface area contributed by atoms with Gasteiger partial charge < -0.3 is 15.8 Å². The first kappa shape index (κ1) is 13.1. The summed E-state index contributed by atoms with van der Waals surface area (Å²) >= 11 is 0. The van der Waals surface area contributed by atoms with E-state index >= 15 is 0 Å². The second kappa shape index (κ2) is 5.09. The molecule has 0 fully saturated rings. The van der Waals surface area contributed by atoms with Crippen LogP contribution in [0.4, 0.5) is 30.2 Å². The van der Waals surface area contributed by atoms with Gasteiger partial charge in [-0.3, -0.25) is 0 Å². The molecular formula is C13H11F3N2O. The van der Waals surface area contributed by atoms with Crippen molar-refractivity contribution in [3.8, 4) is 5.75 Å². The Morgan fingerprint density at radius 1 is 1.05 bits per heavy atom. The average Bonchev–Trinajstić information content (AvgIpc) is 2.38. The van der Waals surface area contributed by atoms with E-state index in [2.05, 4.69) is 5.32 Å².